The molecule has 5 nitrogen and oxygen atoms in total. The Morgan fingerprint density at radius 1 is 1.03 bits per heavy atom. The van der Waals surface area contributed by atoms with Gasteiger partial charge in [-0.1, -0.05) is 24.6 Å². The molecule has 0 bridgehead atoms. The van der Waals surface area contributed by atoms with E-state index in [-0.39, 0.29) is 17.0 Å². The SMILES string of the molecule is Cc1ccc(C(=O)NCc2ccc(C(F)(F)F)cc2)cc1S(=O)(=O)N1CCCCC1. The zero-order valence-electron chi connectivity index (χ0n) is 16.5. The number of hydrogen-bond acceptors (Lipinski definition) is 3. The molecule has 1 amide bonds. The van der Waals surface area contributed by atoms with Gasteiger partial charge in [-0.15, -0.1) is 0 Å². The minimum atomic E-state index is -4.42. The van der Waals surface area contributed by atoms with Gasteiger partial charge in [-0.3, -0.25) is 4.79 Å². The number of sulfonamides is 1. The highest BCUT2D eigenvalue weighted by Gasteiger charge is 2.30. The van der Waals surface area contributed by atoms with Crippen molar-refractivity contribution in [1.29, 1.82) is 0 Å². The fourth-order valence-corrected chi connectivity index (χ4v) is 5.13. The van der Waals surface area contributed by atoms with Crippen LogP contribution < -0.4 is 5.32 Å². The van der Waals surface area contributed by atoms with Gasteiger partial charge >= 0.3 is 6.18 Å². The predicted octanol–water partition coefficient (Wildman–Crippen LogP) is 4.12. The molecular weight excluding hydrogens is 417 g/mol. The van der Waals surface area contributed by atoms with Crippen LogP contribution in [0.3, 0.4) is 0 Å². The summed E-state index contributed by atoms with van der Waals surface area (Å²) in [6.07, 6.45) is -1.80. The third kappa shape index (κ3) is 5.02. The number of rotatable bonds is 5. The number of nitrogens with zero attached hydrogens (tertiary/aromatic N) is 1. The molecule has 1 aliphatic heterocycles. The lowest BCUT2D eigenvalue weighted by Crippen LogP contribution is -2.36. The molecule has 0 aliphatic carbocycles. The van der Waals surface area contributed by atoms with Gasteiger partial charge in [-0.25, -0.2) is 8.42 Å². The van der Waals surface area contributed by atoms with E-state index in [1.807, 2.05) is 0 Å². The molecule has 0 atom stereocenters. The molecule has 0 saturated carbocycles. The van der Waals surface area contributed by atoms with Crippen LogP contribution in [0.25, 0.3) is 0 Å². The van der Waals surface area contributed by atoms with Crippen LogP contribution in [-0.4, -0.2) is 31.7 Å². The van der Waals surface area contributed by atoms with Crippen molar-refractivity contribution in [2.24, 2.45) is 0 Å². The first-order valence-corrected chi connectivity index (χ1v) is 11.1. The van der Waals surface area contributed by atoms with Crippen LogP contribution in [0.1, 0.15) is 46.3 Å². The van der Waals surface area contributed by atoms with Gasteiger partial charge in [0.2, 0.25) is 10.0 Å². The smallest absolute Gasteiger partial charge is 0.348 e. The number of amides is 1. The van der Waals surface area contributed by atoms with E-state index < -0.39 is 27.7 Å². The summed E-state index contributed by atoms with van der Waals surface area (Å²) in [4.78, 5) is 12.6. The normalized spacial score (nSPS) is 15.7. The lowest BCUT2D eigenvalue weighted by Gasteiger charge is -2.26. The van der Waals surface area contributed by atoms with Crippen LogP contribution in [0.2, 0.25) is 0 Å². The fourth-order valence-electron chi connectivity index (χ4n) is 3.36. The summed E-state index contributed by atoms with van der Waals surface area (Å²) >= 11 is 0. The third-order valence-corrected chi connectivity index (χ3v) is 7.16. The standard InChI is InChI=1S/C21H23F3N2O3S/c1-15-5-8-17(13-19(15)30(28,29)26-11-3-2-4-12-26)20(27)25-14-16-6-9-18(10-7-16)21(22,23)24/h5-10,13H,2-4,11-12,14H2,1H3,(H,25,27). The van der Waals surface area contributed by atoms with Crippen molar-refractivity contribution in [2.75, 3.05) is 13.1 Å². The highest BCUT2D eigenvalue weighted by Crippen LogP contribution is 2.29. The van der Waals surface area contributed by atoms with Crippen LogP contribution in [0.5, 0.6) is 0 Å². The van der Waals surface area contributed by atoms with Crippen molar-refractivity contribution in [2.45, 2.75) is 43.8 Å². The summed E-state index contributed by atoms with van der Waals surface area (Å²) in [7, 11) is -3.69. The molecule has 1 aliphatic rings. The lowest BCUT2D eigenvalue weighted by atomic mass is 10.1. The second-order valence-electron chi connectivity index (χ2n) is 7.32. The van der Waals surface area contributed by atoms with Crippen LogP contribution in [0, 0.1) is 6.92 Å². The van der Waals surface area contributed by atoms with E-state index in [1.54, 1.807) is 13.0 Å². The van der Waals surface area contributed by atoms with Crippen molar-refractivity contribution >= 4 is 15.9 Å². The number of hydrogen-bond donors (Lipinski definition) is 1. The van der Waals surface area contributed by atoms with Gasteiger partial charge in [0.05, 0.1) is 10.5 Å². The van der Waals surface area contributed by atoms with E-state index in [9.17, 15) is 26.4 Å². The Labute approximate surface area is 173 Å². The number of piperidine rings is 1. The van der Waals surface area contributed by atoms with Crippen molar-refractivity contribution in [3.8, 4) is 0 Å². The Hall–Kier alpha value is -2.39. The largest absolute Gasteiger partial charge is 0.416 e. The zero-order valence-corrected chi connectivity index (χ0v) is 17.3. The maximum Gasteiger partial charge on any atom is 0.416 e. The third-order valence-electron chi connectivity index (χ3n) is 5.12. The number of nitrogens with one attached hydrogen (secondary N) is 1. The van der Waals surface area contributed by atoms with Crippen molar-refractivity contribution in [3.05, 3.63) is 64.7 Å². The number of benzene rings is 2. The summed E-state index contributed by atoms with van der Waals surface area (Å²) < 4.78 is 65.3. The molecule has 2 aromatic rings. The molecule has 3 rings (SSSR count). The maximum atomic E-state index is 13.0. The summed E-state index contributed by atoms with van der Waals surface area (Å²) in [5, 5.41) is 2.62. The molecule has 0 aromatic heterocycles. The number of halogens is 3. The van der Waals surface area contributed by atoms with E-state index in [0.29, 0.717) is 24.2 Å². The van der Waals surface area contributed by atoms with Crippen molar-refractivity contribution in [3.63, 3.8) is 0 Å². The average molecular weight is 440 g/mol. The molecule has 1 N–H and O–H groups in total. The summed E-state index contributed by atoms with van der Waals surface area (Å²) in [6, 6.07) is 8.99. The van der Waals surface area contributed by atoms with Gasteiger partial charge in [0.25, 0.3) is 5.91 Å². The first-order chi connectivity index (χ1) is 14.1. The molecule has 30 heavy (non-hydrogen) atoms. The summed E-state index contributed by atoms with van der Waals surface area (Å²) in [6.45, 7) is 2.64. The fraction of sp³-hybridized carbons (Fsp3) is 0.381. The van der Waals surface area contributed by atoms with Crippen LogP contribution in [0.4, 0.5) is 13.2 Å². The Kier molecular flexibility index (Phi) is 6.52. The van der Waals surface area contributed by atoms with Crippen molar-refractivity contribution in [1.82, 2.24) is 9.62 Å². The average Bonchev–Trinajstić information content (AvgIpc) is 2.72. The predicted molar refractivity (Wildman–Crippen MR) is 106 cm³/mol. The molecular formula is C21H23F3N2O3S. The van der Waals surface area contributed by atoms with E-state index >= 15 is 0 Å². The number of alkyl halides is 3. The van der Waals surface area contributed by atoms with Gasteiger partial charge in [-0.05, 0) is 55.2 Å². The molecule has 2 aromatic carbocycles. The molecule has 9 heteroatoms. The maximum absolute atomic E-state index is 13.0. The second-order valence-corrected chi connectivity index (χ2v) is 9.23. The molecule has 0 unspecified atom stereocenters. The number of carbonyl (C=O) groups excluding carboxylic acids is 1. The quantitative estimate of drug-likeness (QED) is 0.761. The molecule has 162 valence electrons. The van der Waals surface area contributed by atoms with Gasteiger partial charge in [0.15, 0.2) is 0 Å². The topological polar surface area (TPSA) is 66.5 Å². The zero-order chi connectivity index (χ0) is 21.9. The number of carbonyl (C=O) groups is 1. The molecule has 0 radical (unpaired) electrons. The summed E-state index contributed by atoms with van der Waals surface area (Å²) in [5.41, 5.74) is 0.483. The van der Waals surface area contributed by atoms with Crippen LogP contribution >= 0.6 is 0 Å². The lowest BCUT2D eigenvalue weighted by molar-refractivity contribution is -0.137. The minimum absolute atomic E-state index is 0.0268. The van der Waals surface area contributed by atoms with E-state index in [2.05, 4.69) is 5.32 Å². The Morgan fingerprint density at radius 2 is 1.67 bits per heavy atom. The Morgan fingerprint density at radius 3 is 2.27 bits per heavy atom. The highest BCUT2D eigenvalue weighted by molar-refractivity contribution is 7.89. The Balaban J connectivity index is 1.73. The molecule has 1 saturated heterocycles. The van der Waals surface area contributed by atoms with Gasteiger partial charge in [0.1, 0.15) is 0 Å². The summed E-state index contributed by atoms with van der Waals surface area (Å²) in [5.74, 6) is -0.495. The van der Waals surface area contributed by atoms with Crippen LogP contribution in [0.15, 0.2) is 47.4 Å². The monoisotopic (exact) mass is 440 g/mol. The first kappa shape index (κ1) is 22.3. The van der Waals surface area contributed by atoms with Gasteiger partial charge < -0.3 is 5.32 Å². The van der Waals surface area contributed by atoms with Crippen LogP contribution in [-0.2, 0) is 22.7 Å². The van der Waals surface area contributed by atoms with E-state index in [0.717, 1.165) is 31.4 Å². The number of aryl methyl sites for hydroxylation is 1. The molecule has 1 heterocycles. The molecule has 1 fully saturated rings. The Bertz CT molecular complexity index is 1010. The van der Waals surface area contributed by atoms with Crippen molar-refractivity contribution < 1.29 is 26.4 Å². The highest BCUT2D eigenvalue weighted by atomic mass is 32.2. The molecule has 0 spiro atoms. The minimum Gasteiger partial charge on any atom is -0.348 e. The van der Waals surface area contributed by atoms with E-state index in [1.165, 1.54) is 28.6 Å². The van der Waals surface area contributed by atoms with E-state index in [4.69, 9.17) is 0 Å². The van der Waals surface area contributed by atoms with Gasteiger partial charge in [-0.2, -0.15) is 17.5 Å². The first-order valence-electron chi connectivity index (χ1n) is 9.64. The van der Waals surface area contributed by atoms with Gasteiger partial charge in [0, 0.05) is 25.2 Å². The second kappa shape index (κ2) is 8.77.